The molecule has 4 rings (SSSR count). The molecule has 4 aromatic carbocycles. The molecule has 6 heteroatoms. The average molecular weight is 426 g/mol. The number of nitrogens with one attached hydrogen (secondary N) is 1. The lowest BCUT2D eigenvalue weighted by Crippen LogP contribution is -2.12. The molecule has 160 valence electrons. The van der Waals surface area contributed by atoms with Crippen LogP contribution >= 0.6 is 0 Å². The van der Waals surface area contributed by atoms with Crippen molar-refractivity contribution in [1.29, 1.82) is 5.41 Å². The molecule has 0 radical (unpaired) electrons. The van der Waals surface area contributed by atoms with Crippen molar-refractivity contribution in [2.45, 2.75) is 0 Å². The summed E-state index contributed by atoms with van der Waals surface area (Å²) in [6, 6.07) is 32.3. The van der Waals surface area contributed by atoms with E-state index in [2.05, 4.69) is 0 Å². The Bertz CT molecular complexity index is 1160. The SMILES string of the molecule is N=C(N)c1ccccc1Oc1ccccc1.O=C(O)c1ccc(Oc2ccccc2)cc1. The van der Waals surface area contributed by atoms with Crippen LogP contribution in [0.15, 0.2) is 109 Å². The zero-order valence-corrected chi connectivity index (χ0v) is 17.1. The lowest BCUT2D eigenvalue weighted by molar-refractivity contribution is 0.0697. The van der Waals surface area contributed by atoms with Gasteiger partial charge in [0.05, 0.1) is 11.1 Å². The van der Waals surface area contributed by atoms with E-state index >= 15 is 0 Å². The predicted octanol–water partition coefficient (Wildman–Crippen LogP) is 5.94. The first kappa shape index (κ1) is 22.1. The molecule has 0 aromatic heterocycles. The van der Waals surface area contributed by atoms with Gasteiger partial charge in [-0.05, 0) is 60.7 Å². The van der Waals surface area contributed by atoms with Gasteiger partial charge in [-0.3, -0.25) is 5.41 Å². The van der Waals surface area contributed by atoms with E-state index in [-0.39, 0.29) is 11.4 Å². The topological polar surface area (TPSA) is 106 Å². The standard InChI is InChI=1S/C13H12N2O.C13H10O3/c14-13(15)11-8-4-5-9-12(11)16-10-6-2-1-3-7-10;14-13(15)10-6-8-12(9-7-10)16-11-4-2-1-3-5-11/h1-9H,(H3,14,15);1-9H,(H,14,15). The van der Waals surface area contributed by atoms with Crippen LogP contribution in [-0.4, -0.2) is 16.9 Å². The van der Waals surface area contributed by atoms with Gasteiger partial charge in [0.1, 0.15) is 28.8 Å². The van der Waals surface area contributed by atoms with Crippen LogP contribution in [0.1, 0.15) is 15.9 Å². The van der Waals surface area contributed by atoms with Crippen molar-refractivity contribution < 1.29 is 19.4 Å². The van der Waals surface area contributed by atoms with E-state index in [1.165, 1.54) is 12.1 Å². The Morgan fingerprint density at radius 2 is 1.12 bits per heavy atom. The number of para-hydroxylation sites is 3. The van der Waals surface area contributed by atoms with Gasteiger partial charge >= 0.3 is 5.97 Å². The van der Waals surface area contributed by atoms with Gasteiger partial charge in [-0.1, -0.05) is 48.5 Å². The molecule has 0 unspecified atom stereocenters. The smallest absolute Gasteiger partial charge is 0.335 e. The molecule has 0 bridgehead atoms. The van der Waals surface area contributed by atoms with Gasteiger partial charge in [-0.15, -0.1) is 0 Å². The summed E-state index contributed by atoms with van der Waals surface area (Å²) in [6.07, 6.45) is 0. The fraction of sp³-hybridized carbons (Fsp3) is 0. The van der Waals surface area contributed by atoms with Crippen molar-refractivity contribution in [3.8, 4) is 23.0 Å². The van der Waals surface area contributed by atoms with Gasteiger partial charge in [0, 0.05) is 0 Å². The van der Waals surface area contributed by atoms with Crippen molar-refractivity contribution in [2.24, 2.45) is 5.73 Å². The maximum absolute atomic E-state index is 10.6. The lowest BCUT2D eigenvalue weighted by atomic mass is 10.2. The zero-order valence-electron chi connectivity index (χ0n) is 17.1. The van der Waals surface area contributed by atoms with Crippen molar-refractivity contribution in [3.05, 3.63) is 120 Å². The van der Waals surface area contributed by atoms with Crippen LogP contribution < -0.4 is 15.2 Å². The summed E-state index contributed by atoms with van der Waals surface area (Å²) in [4.78, 5) is 10.6. The number of hydrogen-bond acceptors (Lipinski definition) is 4. The number of rotatable bonds is 6. The van der Waals surface area contributed by atoms with Crippen LogP contribution in [0.3, 0.4) is 0 Å². The highest BCUT2D eigenvalue weighted by Gasteiger charge is 2.06. The number of carboxylic acids is 1. The van der Waals surface area contributed by atoms with Gasteiger partial charge < -0.3 is 20.3 Å². The number of nitrogens with two attached hydrogens (primary N) is 1. The molecule has 32 heavy (non-hydrogen) atoms. The number of hydrogen-bond donors (Lipinski definition) is 3. The minimum atomic E-state index is -0.939. The summed E-state index contributed by atoms with van der Waals surface area (Å²) in [5.74, 6) is 1.75. The molecule has 0 heterocycles. The third-order valence-corrected chi connectivity index (χ3v) is 4.23. The molecule has 0 saturated carbocycles. The van der Waals surface area contributed by atoms with Gasteiger partial charge in [-0.2, -0.15) is 0 Å². The molecule has 4 aromatic rings. The first-order valence-corrected chi connectivity index (χ1v) is 9.75. The van der Waals surface area contributed by atoms with Gasteiger partial charge in [0.15, 0.2) is 0 Å². The Hall–Kier alpha value is -4.58. The quantitative estimate of drug-likeness (QED) is 0.261. The Balaban J connectivity index is 0.000000181. The van der Waals surface area contributed by atoms with E-state index in [1.807, 2.05) is 72.8 Å². The minimum absolute atomic E-state index is 0.00605. The van der Waals surface area contributed by atoms with Gasteiger partial charge in [0.2, 0.25) is 0 Å². The molecule has 0 atom stereocenters. The first-order valence-electron chi connectivity index (χ1n) is 9.75. The van der Waals surface area contributed by atoms with Crippen molar-refractivity contribution in [2.75, 3.05) is 0 Å². The highest BCUT2D eigenvalue weighted by atomic mass is 16.5. The Morgan fingerprint density at radius 1 is 0.656 bits per heavy atom. The fourth-order valence-corrected chi connectivity index (χ4v) is 2.68. The third-order valence-electron chi connectivity index (χ3n) is 4.23. The number of ether oxygens (including phenoxy) is 2. The van der Waals surface area contributed by atoms with Crippen LogP contribution in [0.4, 0.5) is 0 Å². The third kappa shape index (κ3) is 6.47. The van der Waals surface area contributed by atoms with E-state index in [1.54, 1.807) is 24.3 Å². The van der Waals surface area contributed by atoms with Crippen LogP contribution in [0.2, 0.25) is 0 Å². The maximum Gasteiger partial charge on any atom is 0.335 e. The van der Waals surface area contributed by atoms with E-state index in [4.69, 9.17) is 25.7 Å². The molecule has 0 amide bonds. The Labute approximate surface area is 186 Å². The van der Waals surface area contributed by atoms with E-state index < -0.39 is 5.97 Å². The normalized spacial score (nSPS) is 9.75. The molecule has 6 nitrogen and oxygen atoms in total. The van der Waals surface area contributed by atoms with Crippen LogP contribution in [0.5, 0.6) is 23.0 Å². The second-order valence-electron chi connectivity index (χ2n) is 6.57. The number of carboxylic acid groups (broad SMARTS) is 1. The Morgan fingerprint density at radius 3 is 1.66 bits per heavy atom. The molecular formula is C26H22N2O4. The number of benzene rings is 4. The van der Waals surface area contributed by atoms with Crippen LogP contribution in [0.25, 0.3) is 0 Å². The summed E-state index contributed by atoms with van der Waals surface area (Å²) >= 11 is 0. The minimum Gasteiger partial charge on any atom is -0.478 e. The number of carbonyl (C=O) groups is 1. The fourth-order valence-electron chi connectivity index (χ4n) is 2.68. The number of aromatic carboxylic acids is 1. The summed E-state index contributed by atoms with van der Waals surface area (Å²) < 4.78 is 11.2. The molecule has 4 N–H and O–H groups in total. The largest absolute Gasteiger partial charge is 0.478 e. The van der Waals surface area contributed by atoms with E-state index in [0.29, 0.717) is 17.1 Å². The summed E-state index contributed by atoms with van der Waals surface area (Å²) in [5, 5.41) is 16.2. The lowest BCUT2D eigenvalue weighted by Gasteiger charge is -2.09. The molecular weight excluding hydrogens is 404 g/mol. The number of amidine groups is 1. The van der Waals surface area contributed by atoms with Crippen LogP contribution in [0, 0.1) is 5.41 Å². The molecule has 0 aliphatic heterocycles. The zero-order chi connectivity index (χ0) is 22.8. The van der Waals surface area contributed by atoms with Crippen molar-refractivity contribution in [1.82, 2.24) is 0 Å². The van der Waals surface area contributed by atoms with Gasteiger partial charge in [0.25, 0.3) is 0 Å². The Kier molecular flexibility index (Phi) is 7.59. The van der Waals surface area contributed by atoms with Crippen molar-refractivity contribution in [3.63, 3.8) is 0 Å². The summed E-state index contributed by atoms with van der Waals surface area (Å²) in [6.45, 7) is 0. The monoisotopic (exact) mass is 426 g/mol. The number of nitrogen functional groups attached to an aromatic ring is 1. The highest BCUT2D eigenvalue weighted by Crippen LogP contribution is 2.24. The van der Waals surface area contributed by atoms with Crippen molar-refractivity contribution >= 4 is 11.8 Å². The van der Waals surface area contributed by atoms with E-state index in [0.717, 1.165) is 11.5 Å². The molecule has 0 aliphatic carbocycles. The van der Waals surface area contributed by atoms with Crippen LogP contribution in [-0.2, 0) is 0 Å². The summed E-state index contributed by atoms with van der Waals surface area (Å²) in [5.41, 5.74) is 6.32. The molecule has 0 spiro atoms. The average Bonchev–Trinajstić information content (AvgIpc) is 2.81. The first-order chi connectivity index (χ1) is 15.5. The molecule has 0 saturated heterocycles. The second-order valence-corrected chi connectivity index (χ2v) is 6.57. The van der Waals surface area contributed by atoms with Gasteiger partial charge in [-0.25, -0.2) is 4.79 Å². The summed E-state index contributed by atoms with van der Waals surface area (Å²) in [7, 11) is 0. The maximum atomic E-state index is 10.6. The predicted molar refractivity (Wildman–Crippen MR) is 124 cm³/mol. The van der Waals surface area contributed by atoms with E-state index in [9.17, 15) is 4.79 Å². The highest BCUT2D eigenvalue weighted by molar-refractivity contribution is 5.97. The molecule has 0 aliphatic rings. The second kappa shape index (κ2) is 11.0. The molecule has 0 fully saturated rings.